The number of likely N-dealkylation sites (tertiary alicyclic amines) is 1. The summed E-state index contributed by atoms with van der Waals surface area (Å²) in [5.41, 5.74) is 0. The maximum Gasteiger partial charge on any atom is 0.236 e. The van der Waals surface area contributed by atoms with E-state index in [4.69, 9.17) is 0 Å². The van der Waals surface area contributed by atoms with E-state index in [1.165, 1.54) is 32.1 Å². The van der Waals surface area contributed by atoms with Crippen LogP contribution in [0, 0.1) is 11.8 Å². The van der Waals surface area contributed by atoms with Crippen molar-refractivity contribution in [3.63, 3.8) is 0 Å². The Kier molecular flexibility index (Phi) is 4.22. The Morgan fingerprint density at radius 3 is 2.69 bits per heavy atom. The molecule has 2 unspecified atom stereocenters. The molecule has 16 heavy (non-hydrogen) atoms. The third-order valence-corrected chi connectivity index (χ3v) is 3.97. The number of nitrogens with one attached hydrogen (secondary N) is 1. The minimum absolute atomic E-state index is 0.295. The molecule has 1 saturated heterocycles. The lowest BCUT2D eigenvalue weighted by Gasteiger charge is -2.16. The zero-order valence-corrected chi connectivity index (χ0v) is 10.4. The van der Waals surface area contributed by atoms with Crippen LogP contribution in [0.2, 0.25) is 0 Å². The fourth-order valence-electron chi connectivity index (χ4n) is 2.97. The van der Waals surface area contributed by atoms with Crippen LogP contribution in [-0.4, -0.2) is 37.0 Å². The minimum Gasteiger partial charge on any atom is -0.342 e. The average molecular weight is 224 g/mol. The SMILES string of the molecule is CC1CCC(CNCC(=O)N2CCCC2)C1. The van der Waals surface area contributed by atoms with E-state index in [0.29, 0.717) is 12.5 Å². The normalized spacial score (nSPS) is 29.9. The number of carbonyl (C=O) groups is 1. The molecule has 1 aliphatic carbocycles. The monoisotopic (exact) mass is 224 g/mol. The van der Waals surface area contributed by atoms with Crippen LogP contribution >= 0.6 is 0 Å². The first kappa shape index (κ1) is 11.9. The molecule has 0 bridgehead atoms. The Bertz CT molecular complexity index is 236. The van der Waals surface area contributed by atoms with Gasteiger partial charge >= 0.3 is 0 Å². The lowest BCUT2D eigenvalue weighted by atomic mass is 10.1. The number of hydrogen-bond donors (Lipinski definition) is 1. The molecule has 0 aromatic heterocycles. The van der Waals surface area contributed by atoms with Gasteiger partial charge in [-0.1, -0.05) is 13.3 Å². The van der Waals surface area contributed by atoms with Gasteiger partial charge in [-0.15, -0.1) is 0 Å². The Morgan fingerprint density at radius 2 is 2.06 bits per heavy atom. The lowest BCUT2D eigenvalue weighted by Crippen LogP contribution is -2.37. The highest BCUT2D eigenvalue weighted by Crippen LogP contribution is 2.29. The molecule has 2 fully saturated rings. The van der Waals surface area contributed by atoms with Gasteiger partial charge in [0.15, 0.2) is 0 Å². The predicted molar refractivity (Wildman–Crippen MR) is 65.2 cm³/mol. The van der Waals surface area contributed by atoms with E-state index in [1.54, 1.807) is 0 Å². The van der Waals surface area contributed by atoms with Gasteiger partial charge in [0.2, 0.25) is 5.91 Å². The van der Waals surface area contributed by atoms with E-state index in [1.807, 2.05) is 4.90 Å². The smallest absolute Gasteiger partial charge is 0.236 e. The van der Waals surface area contributed by atoms with E-state index in [0.717, 1.165) is 31.5 Å². The minimum atomic E-state index is 0.295. The number of carbonyl (C=O) groups excluding carboxylic acids is 1. The summed E-state index contributed by atoms with van der Waals surface area (Å²) in [6.45, 7) is 5.85. The van der Waals surface area contributed by atoms with Crippen LogP contribution in [0.3, 0.4) is 0 Å². The number of nitrogens with zero attached hydrogens (tertiary/aromatic N) is 1. The maximum absolute atomic E-state index is 11.7. The van der Waals surface area contributed by atoms with Crippen molar-refractivity contribution in [2.24, 2.45) is 11.8 Å². The first-order chi connectivity index (χ1) is 7.75. The Balaban J connectivity index is 1.58. The van der Waals surface area contributed by atoms with E-state index in [9.17, 15) is 4.79 Å². The summed E-state index contributed by atoms with van der Waals surface area (Å²) < 4.78 is 0. The third kappa shape index (κ3) is 3.21. The summed E-state index contributed by atoms with van der Waals surface area (Å²) in [4.78, 5) is 13.7. The van der Waals surface area contributed by atoms with Gasteiger partial charge in [0, 0.05) is 13.1 Å². The fourth-order valence-corrected chi connectivity index (χ4v) is 2.97. The summed E-state index contributed by atoms with van der Waals surface area (Å²) in [5, 5.41) is 3.33. The molecule has 0 aromatic carbocycles. The molecule has 3 nitrogen and oxygen atoms in total. The average Bonchev–Trinajstić information content (AvgIpc) is 2.89. The zero-order chi connectivity index (χ0) is 11.4. The Hall–Kier alpha value is -0.570. The van der Waals surface area contributed by atoms with E-state index < -0.39 is 0 Å². The Morgan fingerprint density at radius 1 is 1.31 bits per heavy atom. The second-order valence-corrected chi connectivity index (χ2v) is 5.50. The first-order valence-corrected chi connectivity index (χ1v) is 6.74. The van der Waals surface area contributed by atoms with Crippen LogP contribution in [0.15, 0.2) is 0 Å². The highest BCUT2D eigenvalue weighted by atomic mass is 16.2. The molecule has 1 aliphatic heterocycles. The second-order valence-electron chi connectivity index (χ2n) is 5.50. The number of rotatable bonds is 4. The molecular weight excluding hydrogens is 200 g/mol. The molecular formula is C13H24N2O. The molecule has 0 spiro atoms. The summed E-state index contributed by atoms with van der Waals surface area (Å²) in [6.07, 6.45) is 6.42. The molecule has 0 radical (unpaired) electrons. The van der Waals surface area contributed by atoms with Crippen molar-refractivity contribution in [3.8, 4) is 0 Å². The molecule has 0 aromatic rings. The summed E-state index contributed by atoms with van der Waals surface area (Å²) in [6, 6.07) is 0. The topological polar surface area (TPSA) is 32.3 Å². The molecule has 1 saturated carbocycles. The van der Waals surface area contributed by atoms with Crippen molar-refractivity contribution in [3.05, 3.63) is 0 Å². The van der Waals surface area contributed by atoms with Gasteiger partial charge in [0.05, 0.1) is 6.54 Å². The van der Waals surface area contributed by atoms with Crippen LogP contribution in [0.1, 0.15) is 39.0 Å². The highest BCUT2D eigenvalue weighted by molar-refractivity contribution is 5.78. The van der Waals surface area contributed by atoms with E-state index in [2.05, 4.69) is 12.2 Å². The molecule has 2 rings (SSSR count). The van der Waals surface area contributed by atoms with Gasteiger partial charge in [-0.2, -0.15) is 0 Å². The van der Waals surface area contributed by atoms with Gasteiger partial charge < -0.3 is 10.2 Å². The molecule has 92 valence electrons. The van der Waals surface area contributed by atoms with Crippen molar-refractivity contribution in [2.75, 3.05) is 26.2 Å². The van der Waals surface area contributed by atoms with Crippen LogP contribution < -0.4 is 5.32 Å². The molecule has 1 amide bonds. The van der Waals surface area contributed by atoms with Crippen LogP contribution in [0.25, 0.3) is 0 Å². The van der Waals surface area contributed by atoms with Crippen molar-refractivity contribution >= 4 is 5.91 Å². The summed E-state index contributed by atoms with van der Waals surface area (Å²) in [7, 11) is 0. The van der Waals surface area contributed by atoms with Crippen molar-refractivity contribution in [1.82, 2.24) is 10.2 Å². The van der Waals surface area contributed by atoms with Crippen molar-refractivity contribution < 1.29 is 4.79 Å². The summed E-state index contributed by atoms with van der Waals surface area (Å²) >= 11 is 0. The largest absolute Gasteiger partial charge is 0.342 e. The van der Waals surface area contributed by atoms with Gasteiger partial charge in [-0.3, -0.25) is 4.79 Å². The molecule has 1 heterocycles. The van der Waals surface area contributed by atoms with Crippen LogP contribution in [0.5, 0.6) is 0 Å². The molecule has 3 heteroatoms. The van der Waals surface area contributed by atoms with Gasteiger partial charge in [0.1, 0.15) is 0 Å². The second kappa shape index (κ2) is 5.67. The van der Waals surface area contributed by atoms with E-state index in [-0.39, 0.29) is 0 Å². The molecule has 2 aliphatic rings. The molecule has 1 N–H and O–H groups in total. The van der Waals surface area contributed by atoms with Gasteiger partial charge in [-0.25, -0.2) is 0 Å². The van der Waals surface area contributed by atoms with E-state index >= 15 is 0 Å². The zero-order valence-electron chi connectivity index (χ0n) is 10.4. The quantitative estimate of drug-likeness (QED) is 0.787. The van der Waals surface area contributed by atoms with Crippen molar-refractivity contribution in [1.29, 1.82) is 0 Å². The van der Waals surface area contributed by atoms with Crippen LogP contribution in [-0.2, 0) is 4.79 Å². The lowest BCUT2D eigenvalue weighted by molar-refractivity contribution is -0.129. The fraction of sp³-hybridized carbons (Fsp3) is 0.923. The third-order valence-electron chi connectivity index (χ3n) is 3.97. The predicted octanol–water partition coefficient (Wildman–Crippen LogP) is 1.63. The van der Waals surface area contributed by atoms with Gasteiger partial charge in [-0.05, 0) is 44.1 Å². The summed E-state index contributed by atoms with van der Waals surface area (Å²) in [5.74, 6) is 1.99. The standard InChI is InChI=1S/C13H24N2O/c1-11-4-5-12(8-11)9-14-10-13(16)15-6-2-3-7-15/h11-12,14H,2-10H2,1H3. The highest BCUT2D eigenvalue weighted by Gasteiger charge is 2.22. The van der Waals surface area contributed by atoms with Crippen molar-refractivity contribution in [2.45, 2.75) is 39.0 Å². The number of amides is 1. The first-order valence-electron chi connectivity index (χ1n) is 6.74. The van der Waals surface area contributed by atoms with Gasteiger partial charge in [0.25, 0.3) is 0 Å². The maximum atomic E-state index is 11.7. The van der Waals surface area contributed by atoms with Crippen LogP contribution in [0.4, 0.5) is 0 Å². The number of hydrogen-bond acceptors (Lipinski definition) is 2. The molecule has 2 atom stereocenters. The Labute approximate surface area is 98.6 Å².